The second kappa shape index (κ2) is 13.0. The number of nitrogens with zero attached hydrogens (tertiary/aromatic N) is 2. The lowest BCUT2D eigenvalue weighted by molar-refractivity contribution is -0.141. The first-order valence-corrected chi connectivity index (χ1v) is 12.7. The number of carboxylic acids is 1. The Hall–Kier alpha value is -3.30. The van der Waals surface area contributed by atoms with E-state index in [-0.39, 0.29) is 17.8 Å². The van der Waals surface area contributed by atoms with Crippen molar-refractivity contribution in [2.75, 3.05) is 18.6 Å². The Labute approximate surface area is 212 Å². The van der Waals surface area contributed by atoms with E-state index in [0.717, 1.165) is 21.2 Å². The molecular weight excluding hydrogens is 484 g/mol. The van der Waals surface area contributed by atoms with Crippen molar-refractivity contribution in [1.82, 2.24) is 0 Å². The first-order valence-electron chi connectivity index (χ1n) is 10.8. The molecule has 0 aromatic heterocycles. The van der Waals surface area contributed by atoms with Crippen molar-refractivity contribution >= 4 is 57.7 Å². The van der Waals surface area contributed by atoms with Gasteiger partial charge in [-0.25, -0.2) is 9.59 Å². The number of benzene rings is 2. The van der Waals surface area contributed by atoms with Crippen LogP contribution in [0.25, 0.3) is 12.2 Å². The highest BCUT2D eigenvalue weighted by Gasteiger charge is 2.24. The summed E-state index contributed by atoms with van der Waals surface area (Å²) in [7, 11) is 1.39. The standard InChI is InChI=1S/C14H15NO2S.C12H11NO3S/c1-10-3-5-11(6-4-10)7-8-13-15-12(9-18-13)14(16)17-2;14-9-4-1-8(2-5-9)3-6-11-13-10(7-17-11)12(15)16/h3-8,12H,9H2,1-2H3;1-6,10,14H,7H2,(H,15,16)/b8-7+;6-3+/t12-;10-/m11/s1. The fourth-order valence-electron chi connectivity index (χ4n) is 2.95. The SMILES string of the molecule is COC(=O)[C@H]1CSC(/C=C/c2ccc(C)cc2)=N1.O=C(O)[C@H]1CSC(/C=C/c2ccc(O)cc2)=N1. The molecule has 2 aliphatic heterocycles. The number of carbonyl (C=O) groups excluding carboxylic acids is 1. The number of aliphatic imine (C=N–C) groups is 2. The maximum atomic E-state index is 11.3. The summed E-state index contributed by atoms with van der Waals surface area (Å²) in [4.78, 5) is 30.4. The summed E-state index contributed by atoms with van der Waals surface area (Å²) in [5, 5.41) is 19.5. The fourth-order valence-corrected chi connectivity index (χ4v) is 4.77. The molecule has 2 aliphatic rings. The second-order valence-electron chi connectivity index (χ2n) is 7.62. The van der Waals surface area contributed by atoms with Crippen LogP contribution in [0.1, 0.15) is 16.7 Å². The minimum atomic E-state index is -0.884. The maximum Gasteiger partial charge on any atom is 0.331 e. The number of aromatic hydroxyl groups is 1. The molecule has 9 heteroatoms. The largest absolute Gasteiger partial charge is 0.508 e. The number of aliphatic carboxylic acids is 1. The van der Waals surface area contributed by atoms with Crippen molar-refractivity contribution in [1.29, 1.82) is 0 Å². The second-order valence-corrected chi connectivity index (χ2v) is 9.70. The van der Waals surface area contributed by atoms with Gasteiger partial charge >= 0.3 is 11.9 Å². The highest BCUT2D eigenvalue weighted by molar-refractivity contribution is 8.15. The van der Waals surface area contributed by atoms with Crippen LogP contribution in [0.15, 0.2) is 70.7 Å². The molecule has 4 rings (SSSR count). The van der Waals surface area contributed by atoms with Crippen LogP contribution in [0.3, 0.4) is 0 Å². The summed E-state index contributed by atoms with van der Waals surface area (Å²) in [6.45, 7) is 2.06. The molecule has 0 spiro atoms. The van der Waals surface area contributed by atoms with Crippen LogP contribution < -0.4 is 0 Å². The minimum Gasteiger partial charge on any atom is -0.508 e. The van der Waals surface area contributed by atoms with E-state index in [9.17, 15) is 9.59 Å². The lowest BCUT2D eigenvalue weighted by Crippen LogP contribution is -2.19. The molecule has 182 valence electrons. The number of hydrogen-bond acceptors (Lipinski definition) is 8. The van der Waals surface area contributed by atoms with E-state index in [2.05, 4.69) is 45.9 Å². The molecule has 2 atom stereocenters. The van der Waals surface area contributed by atoms with Crippen molar-refractivity contribution < 1.29 is 24.5 Å². The molecule has 0 fully saturated rings. The van der Waals surface area contributed by atoms with Gasteiger partial charge in [0.1, 0.15) is 5.75 Å². The number of hydrogen-bond donors (Lipinski definition) is 2. The van der Waals surface area contributed by atoms with Crippen LogP contribution in [0, 0.1) is 6.92 Å². The predicted molar refractivity (Wildman–Crippen MR) is 144 cm³/mol. The molecule has 35 heavy (non-hydrogen) atoms. The molecule has 0 radical (unpaired) electrons. The zero-order valence-corrected chi connectivity index (χ0v) is 21.0. The molecule has 2 aromatic carbocycles. The van der Waals surface area contributed by atoms with Crippen LogP contribution >= 0.6 is 23.5 Å². The Morgan fingerprint density at radius 3 is 1.83 bits per heavy atom. The monoisotopic (exact) mass is 510 g/mol. The average Bonchev–Trinajstić information content (AvgIpc) is 3.53. The molecule has 0 aliphatic carbocycles. The Balaban J connectivity index is 0.000000196. The van der Waals surface area contributed by atoms with Crippen molar-refractivity contribution in [3.05, 3.63) is 77.4 Å². The van der Waals surface area contributed by atoms with Gasteiger partial charge in [-0.3, -0.25) is 9.98 Å². The fraction of sp³-hybridized carbons (Fsp3) is 0.231. The molecular formula is C26H26N2O5S2. The van der Waals surface area contributed by atoms with Crippen molar-refractivity contribution in [2.45, 2.75) is 19.0 Å². The van der Waals surface area contributed by atoms with E-state index in [0.29, 0.717) is 11.5 Å². The highest BCUT2D eigenvalue weighted by Crippen LogP contribution is 2.21. The molecule has 2 aromatic rings. The minimum absolute atomic E-state index is 0.223. The summed E-state index contributed by atoms with van der Waals surface area (Å²) < 4.78 is 4.67. The molecule has 2 heterocycles. The van der Waals surface area contributed by atoms with Crippen LogP contribution in [0.5, 0.6) is 5.75 Å². The predicted octanol–water partition coefficient (Wildman–Crippen LogP) is 4.70. The van der Waals surface area contributed by atoms with Crippen molar-refractivity contribution in [3.63, 3.8) is 0 Å². The number of rotatable bonds is 6. The Kier molecular flexibility index (Phi) is 9.75. The summed E-state index contributed by atoms with van der Waals surface area (Å²) in [5.41, 5.74) is 3.31. The molecule has 2 N–H and O–H groups in total. The van der Waals surface area contributed by atoms with E-state index in [1.54, 1.807) is 42.1 Å². The summed E-state index contributed by atoms with van der Waals surface area (Å²) >= 11 is 3.01. The van der Waals surface area contributed by atoms with E-state index >= 15 is 0 Å². The van der Waals surface area contributed by atoms with Gasteiger partial charge in [-0.1, -0.05) is 54.1 Å². The Morgan fingerprint density at radius 2 is 1.34 bits per heavy atom. The quantitative estimate of drug-likeness (QED) is 0.542. The van der Waals surface area contributed by atoms with Crippen molar-refractivity contribution in [2.24, 2.45) is 9.98 Å². The lowest BCUT2D eigenvalue weighted by atomic mass is 10.1. The molecule has 0 bridgehead atoms. The van der Waals surface area contributed by atoms with Gasteiger partial charge < -0.3 is 14.9 Å². The van der Waals surface area contributed by atoms with Gasteiger partial charge in [0.25, 0.3) is 0 Å². The van der Waals surface area contributed by atoms with Crippen LogP contribution in [-0.2, 0) is 14.3 Å². The van der Waals surface area contributed by atoms with Gasteiger partial charge in [0.2, 0.25) is 0 Å². The number of phenols is 1. The number of carboxylic acid groups (broad SMARTS) is 1. The molecule has 0 saturated carbocycles. The number of carbonyl (C=O) groups is 2. The van der Waals surface area contributed by atoms with Gasteiger partial charge in [0.05, 0.1) is 17.2 Å². The third-order valence-corrected chi connectivity index (χ3v) is 6.95. The summed E-state index contributed by atoms with van der Waals surface area (Å²) in [6.07, 6.45) is 7.58. The molecule has 0 amide bonds. The molecule has 0 unspecified atom stereocenters. The average molecular weight is 511 g/mol. The van der Waals surface area contributed by atoms with Crippen LogP contribution in [-0.4, -0.2) is 62.9 Å². The normalized spacial score (nSPS) is 19.3. The van der Waals surface area contributed by atoms with E-state index in [4.69, 9.17) is 10.2 Å². The van der Waals surface area contributed by atoms with Gasteiger partial charge in [0, 0.05) is 11.5 Å². The Morgan fingerprint density at radius 1 is 0.857 bits per heavy atom. The van der Waals surface area contributed by atoms with Gasteiger partial charge in [-0.2, -0.15) is 0 Å². The smallest absolute Gasteiger partial charge is 0.331 e. The highest BCUT2D eigenvalue weighted by atomic mass is 32.2. The number of ether oxygens (including phenoxy) is 1. The first-order chi connectivity index (χ1) is 16.8. The van der Waals surface area contributed by atoms with Gasteiger partial charge in [-0.15, -0.1) is 23.5 Å². The Bertz CT molecular complexity index is 1160. The number of methoxy groups -OCH3 is 1. The molecule has 0 saturated heterocycles. The third-order valence-electron chi connectivity index (χ3n) is 4.91. The zero-order chi connectivity index (χ0) is 25.2. The number of aryl methyl sites for hydroxylation is 1. The van der Waals surface area contributed by atoms with Crippen molar-refractivity contribution in [3.8, 4) is 5.75 Å². The first kappa shape index (κ1) is 26.3. The lowest BCUT2D eigenvalue weighted by Gasteiger charge is -2.00. The molecule has 7 nitrogen and oxygen atoms in total. The van der Waals surface area contributed by atoms with Gasteiger partial charge in [-0.05, 0) is 42.3 Å². The van der Waals surface area contributed by atoms with E-state index < -0.39 is 12.0 Å². The van der Waals surface area contributed by atoms with Crippen LogP contribution in [0.4, 0.5) is 0 Å². The summed E-state index contributed by atoms with van der Waals surface area (Å²) in [6, 6.07) is 14.0. The topological polar surface area (TPSA) is 109 Å². The van der Waals surface area contributed by atoms with Gasteiger partial charge in [0.15, 0.2) is 12.1 Å². The zero-order valence-electron chi connectivity index (χ0n) is 19.3. The number of esters is 1. The number of phenolic OH excluding ortho intramolecular Hbond substituents is 1. The number of thioether (sulfide) groups is 2. The van der Waals surface area contributed by atoms with E-state index in [1.165, 1.54) is 24.4 Å². The summed E-state index contributed by atoms with van der Waals surface area (Å²) in [5.74, 6) is 0.234. The van der Waals surface area contributed by atoms with Crippen LogP contribution in [0.2, 0.25) is 0 Å². The van der Waals surface area contributed by atoms with E-state index in [1.807, 2.05) is 18.2 Å². The maximum absolute atomic E-state index is 11.3. The third kappa shape index (κ3) is 8.45.